The summed E-state index contributed by atoms with van der Waals surface area (Å²) in [6.45, 7) is 15.4. The van der Waals surface area contributed by atoms with Crippen LogP contribution in [0, 0.1) is 27.7 Å². The Balaban J connectivity index is 2.22. The van der Waals surface area contributed by atoms with Gasteiger partial charge in [-0.1, -0.05) is 13.8 Å². The van der Waals surface area contributed by atoms with E-state index in [0.29, 0.717) is 6.54 Å². The molecule has 0 heterocycles. The van der Waals surface area contributed by atoms with Crippen LogP contribution in [0.5, 0.6) is 0 Å². The zero-order valence-corrected chi connectivity index (χ0v) is 19.6. The Bertz CT molecular complexity index is 947. The first-order valence-corrected chi connectivity index (χ1v) is 10.6. The van der Waals surface area contributed by atoms with Gasteiger partial charge < -0.3 is 10.6 Å². The second kappa shape index (κ2) is 10.8. The monoisotopic (exact) mass is 423 g/mol. The summed E-state index contributed by atoms with van der Waals surface area (Å²) in [5, 5.41) is 14.8. The Morgan fingerprint density at radius 1 is 0.774 bits per heavy atom. The quantitative estimate of drug-likeness (QED) is 0.544. The summed E-state index contributed by atoms with van der Waals surface area (Å²) in [7, 11) is 0. The number of rotatable bonds is 8. The van der Waals surface area contributed by atoms with Crippen molar-refractivity contribution in [2.45, 2.75) is 48.5 Å². The lowest BCUT2D eigenvalue weighted by Crippen LogP contribution is -2.32. The maximum absolute atomic E-state index is 12.3. The average Bonchev–Trinajstić information content (AvgIpc) is 2.66. The number of carbonyl (C=O) groups excluding carboxylic acids is 2. The summed E-state index contributed by atoms with van der Waals surface area (Å²) in [6.07, 6.45) is 0. The van der Waals surface area contributed by atoms with Crippen LogP contribution in [0.4, 0.5) is 22.7 Å². The van der Waals surface area contributed by atoms with Crippen molar-refractivity contribution < 1.29 is 9.59 Å². The van der Waals surface area contributed by atoms with Gasteiger partial charge in [0.05, 0.1) is 17.9 Å². The fourth-order valence-corrected chi connectivity index (χ4v) is 3.53. The minimum Gasteiger partial charge on any atom is -0.326 e. The molecule has 7 nitrogen and oxygen atoms in total. The number of benzene rings is 2. The Labute approximate surface area is 184 Å². The number of nitrogens with zero attached hydrogens (tertiary/aromatic N) is 3. The number of hydrogen-bond donors (Lipinski definition) is 2. The molecule has 7 heteroatoms. The maximum atomic E-state index is 12.3. The third-order valence-corrected chi connectivity index (χ3v) is 5.10. The van der Waals surface area contributed by atoms with E-state index < -0.39 is 0 Å². The highest BCUT2D eigenvalue weighted by molar-refractivity contribution is 5.92. The second-order valence-corrected chi connectivity index (χ2v) is 7.81. The molecule has 2 N–H and O–H groups in total. The van der Waals surface area contributed by atoms with Crippen LogP contribution in [0.3, 0.4) is 0 Å². The molecule has 0 bridgehead atoms. The molecule has 0 spiro atoms. The van der Waals surface area contributed by atoms with Crippen molar-refractivity contribution in [1.29, 1.82) is 0 Å². The van der Waals surface area contributed by atoms with Gasteiger partial charge in [-0.05, 0) is 87.3 Å². The van der Waals surface area contributed by atoms with Gasteiger partial charge in [-0.15, -0.1) is 10.2 Å². The van der Waals surface area contributed by atoms with Crippen molar-refractivity contribution >= 4 is 34.6 Å². The van der Waals surface area contributed by atoms with Gasteiger partial charge in [-0.2, -0.15) is 0 Å². The molecule has 0 aromatic heterocycles. The molecule has 166 valence electrons. The molecule has 0 aliphatic heterocycles. The predicted octanol–water partition coefficient (Wildman–Crippen LogP) is 5.57. The Hall–Kier alpha value is -3.06. The third kappa shape index (κ3) is 6.72. The number of amides is 2. The fraction of sp³-hybridized carbons (Fsp3) is 0.417. The zero-order chi connectivity index (χ0) is 23.1. The lowest BCUT2D eigenvalue weighted by molar-refractivity contribution is -0.117. The summed E-state index contributed by atoms with van der Waals surface area (Å²) in [5.74, 6) is -0.133. The van der Waals surface area contributed by atoms with Crippen molar-refractivity contribution in [3.05, 3.63) is 46.5 Å². The first-order chi connectivity index (χ1) is 14.6. The number of azo groups is 1. The van der Waals surface area contributed by atoms with Gasteiger partial charge in [0.25, 0.3) is 0 Å². The van der Waals surface area contributed by atoms with Gasteiger partial charge in [0.15, 0.2) is 0 Å². The largest absolute Gasteiger partial charge is 0.326 e. The smallest absolute Gasteiger partial charge is 0.238 e. The Morgan fingerprint density at radius 3 is 1.52 bits per heavy atom. The number of carbonyl (C=O) groups is 2. The van der Waals surface area contributed by atoms with Gasteiger partial charge in [0, 0.05) is 18.3 Å². The van der Waals surface area contributed by atoms with E-state index in [9.17, 15) is 9.59 Å². The molecule has 2 rings (SSSR count). The molecule has 0 aliphatic carbocycles. The van der Waals surface area contributed by atoms with E-state index in [4.69, 9.17) is 0 Å². The average molecular weight is 424 g/mol. The molecule has 0 radical (unpaired) electrons. The fourth-order valence-electron chi connectivity index (χ4n) is 3.53. The summed E-state index contributed by atoms with van der Waals surface area (Å²) in [6, 6.07) is 7.61. The molecule has 2 amide bonds. The third-order valence-electron chi connectivity index (χ3n) is 5.10. The Kier molecular flexibility index (Phi) is 8.45. The number of nitrogens with one attached hydrogen (secondary N) is 2. The molecule has 0 fully saturated rings. The molecule has 2 aromatic rings. The first-order valence-electron chi connectivity index (χ1n) is 10.6. The van der Waals surface area contributed by atoms with E-state index in [0.717, 1.165) is 58.1 Å². The van der Waals surface area contributed by atoms with E-state index in [-0.39, 0.29) is 11.8 Å². The van der Waals surface area contributed by atoms with Gasteiger partial charge in [-0.3, -0.25) is 14.5 Å². The van der Waals surface area contributed by atoms with Gasteiger partial charge in [-0.25, -0.2) is 0 Å². The SMILES string of the molecule is CCN(CC)CC(=O)Nc1cc(C)c(/N=N/c2c(C)cc(NC(C)=O)cc2C)c(C)c1. The summed E-state index contributed by atoms with van der Waals surface area (Å²) >= 11 is 0. The normalized spacial score (nSPS) is 11.2. The van der Waals surface area contributed by atoms with Gasteiger partial charge in [0.2, 0.25) is 11.8 Å². The molecule has 0 unspecified atom stereocenters. The Morgan fingerprint density at radius 2 is 1.16 bits per heavy atom. The van der Waals surface area contributed by atoms with Crippen LogP contribution in [-0.2, 0) is 9.59 Å². The minimum atomic E-state index is -0.108. The molecule has 31 heavy (non-hydrogen) atoms. The van der Waals surface area contributed by atoms with E-state index in [1.165, 1.54) is 6.92 Å². The number of anilines is 2. The lowest BCUT2D eigenvalue weighted by Gasteiger charge is -2.17. The van der Waals surface area contributed by atoms with E-state index >= 15 is 0 Å². The molecular weight excluding hydrogens is 390 g/mol. The maximum Gasteiger partial charge on any atom is 0.238 e. The second-order valence-electron chi connectivity index (χ2n) is 7.81. The van der Waals surface area contributed by atoms with Gasteiger partial charge >= 0.3 is 0 Å². The van der Waals surface area contributed by atoms with Crippen molar-refractivity contribution in [3.8, 4) is 0 Å². The van der Waals surface area contributed by atoms with Crippen LogP contribution < -0.4 is 10.6 Å². The molecule has 2 aromatic carbocycles. The summed E-state index contributed by atoms with van der Waals surface area (Å²) in [5.41, 5.74) is 6.82. The topological polar surface area (TPSA) is 86.2 Å². The van der Waals surface area contributed by atoms with Crippen molar-refractivity contribution in [2.75, 3.05) is 30.3 Å². The highest BCUT2D eigenvalue weighted by Gasteiger charge is 2.11. The van der Waals surface area contributed by atoms with Crippen LogP contribution in [0.15, 0.2) is 34.5 Å². The highest BCUT2D eigenvalue weighted by Crippen LogP contribution is 2.32. The molecule has 0 atom stereocenters. The van der Waals surface area contributed by atoms with E-state index in [2.05, 4.69) is 25.8 Å². The summed E-state index contributed by atoms with van der Waals surface area (Å²) in [4.78, 5) is 25.7. The molecule has 0 saturated heterocycles. The first kappa shape index (κ1) is 24.2. The van der Waals surface area contributed by atoms with E-state index in [1.807, 2.05) is 65.8 Å². The van der Waals surface area contributed by atoms with Crippen molar-refractivity contribution in [1.82, 2.24) is 4.90 Å². The molecule has 0 saturated carbocycles. The predicted molar refractivity (Wildman–Crippen MR) is 127 cm³/mol. The minimum absolute atomic E-state index is 0.0256. The van der Waals surface area contributed by atoms with Crippen LogP contribution in [0.1, 0.15) is 43.0 Å². The van der Waals surface area contributed by atoms with E-state index in [1.54, 1.807) is 0 Å². The van der Waals surface area contributed by atoms with Crippen molar-refractivity contribution in [3.63, 3.8) is 0 Å². The number of hydrogen-bond acceptors (Lipinski definition) is 5. The molecule has 0 aliphatic rings. The van der Waals surface area contributed by atoms with Gasteiger partial charge in [0.1, 0.15) is 0 Å². The van der Waals surface area contributed by atoms with Crippen LogP contribution in [-0.4, -0.2) is 36.3 Å². The lowest BCUT2D eigenvalue weighted by atomic mass is 10.1. The van der Waals surface area contributed by atoms with Crippen LogP contribution in [0.2, 0.25) is 0 Å². The number of likely N-dealkylation sites (N-methyl/N-ethyl adjacent to an activating group) is 1. The summed E-state index contributed by atoms with van der Waals surface area (Å²) < 4.78 is 0. The van der Waals surface area contributed by atoms with Crippen LogP contribution in [0.25, 0.3) is 0 Å². The number of aryl methyl sites for hydroxylation is 4. The molecular formula is C24H33N5O2. The van der Waals surface area contributed by atoms with Crippen LogP contribution >= 0.6 is 0 Å². The highest BCUT2D eigenvalue weighted by atomic mass is 16.2. The standard InChI is InChI=1S/C24H33N5O2/c1-8-29(9-2)14-22(31)26-21-12-17(5)24(18(6)13-21)28-27-23-15(3)10-20(11-16(23)4)25-19(7)30/h10-13H,8-9,14H2,1-7H3,(H,25,30)(H,26,31)/b28-27+. The zero-order valence-electron chi connectivity index (χ0n) is 19.6. The van der Waals surface area contributed by atoms with Crippen molar-refractivity contribution in [2.24, 2.45) is 10.2 Å².